The molecule has 1 N–H and O–H groups in total. The molecular formula is C25H20F3N4O3S2-. The third kappa shape index (κ3) is 6.59. The van der Waals surface area contributed by atoms with Crippen LogP contribution in [0.25, 0.3) is 0 Å². The fraction of sp³-hybridized carbons (Fsp3) is 0.160. The summed E-state index contributed by atoms with van der Waals surface area (Å²) in [6.07, 6.45) is -4.09. The van der Waals surface area contributed by atoms with Gasteiger partial charge in [-0.2, -0.15) is 21.9 Å². The van der Waals surface area contributed by atoms with Crippen molar-refractivity contribution in [1.29, 1.82) is 0 Å². The van der Waals surface area contributed by atoms with Gasteiger partial charge in [-0.25, -0.2) is 0 Å². The smallest absolute Gasteiger partial charge is 0.416 e. The van der Waals surface area contributed by atoms with Gasteiger partial charge < -0.3 is 9.87 Å². The Morgan fingerprint density at radius 1 is 0.973 bits per heavy atom. The van der Waals surface area contributed by atoms with E-state index < -0.39 is 34.6 Å². The topological polar surface area (TPSA) is 98.2 Å². The van der Waals surface area contributed by atoms with Gasteiger partial charge >= 0.3 is 6.18 Å². The first-order valence-electron chi connectivity index (χ1n) is 11.0. The summed E-state index contributed by atoms with van der Waals surface area (Å²) in [6, 6.07) is 20.7. The fourth-order valence-corrected chi connectivity index (χ4v) is 4.85. The lowest BCUT2D eigenvalue weighted by atomic mass is 10.1. The molecule has 12 heteroatoms. The molecule has 0 radical (unpaired) electrons. The second-order valence-electron chi connectivity index (χ2n) is 7.93. The largest absolute Gasteiger partial charge is 0.755 e. The zero-order valence-electron chi connectivity index (χ0n) is 19.1. The molecule has 1 unspecified atom stereocenters. The highest BCUT2D eigenvalue weighted by Gasteiger charge is 2.33. The second kappa shape index (κ2) is 11.6. The Hall–Kier alpha value is -3.61. The number of amides is 1. The van der Waals surface area contributed by atoms with Gasteiger partial charge in [0.25, 0.3) is 5.91 Å². The van der Waals surface area contributed by atoms with E-state index >= 15 is 0 Å². The summed E-state index contributed by atoms with van der Waals surface area (Å²) in [5, 5.41) is 2.66. The van der Waals surface area contributed by atoms with Gasteiger partial charge in [0, 0.05) is 13.0 Å². The van der Waals surface area contributed by atoms with Crippen LogP contribution in [-0.2, 0) is 30.3 Å². The maximum atomic E-state index is 13.6. The van der Waals surface area contributed by atoms with Crippen molar-refractivity contribution in [1.82, 2.24) is 14.1 Å². The summed E-state index contributed by atoms with van der Waals surface area (Å²) < 4.78 is 74.3. The van der Waals surface area contributed by atoms with Crippen molar-refractivity contribution in [2.45, 2.75) is 19.0 Å². The summed E-state index contributed by atoms with van der Waals surface area (Å²) in [4.78, 5) is 13.0. The quantitative estimate of drug-likeness (QED) is 0.297. The number of carbonyl (C=O) groups is 1. The molecule has 1 atom stereocenters. The van der Waals surface area contributed by atoms with Gasteiger partial charge in [-0.1, -0.05) is 60.7 Å². The number of carbonyl (C=O) groups excluding carboxylic acids is 1. The van der Waals surface area contributed by atoms with E-state index in [1.807, 2.05) is 36.4 Å². The summed E-state index contributed by atoms with van der Waals surface area (Å²) in [5.41, 5.74) is 0.180. The van der Waals surface area contributed by atoms with Crippen LogP contribution in [0.15, 0.2) is 78.9 Å². The average molecular weight is 546 g/mol. The molecule has 3 aromatic carbocycles. The van der Waals surface area contributed by atoms with Crippen LogP contribution in [0.4, 0.5) is 24.7 Å². The van der Waals surface area contributed by atoms with Crippen LogP contribution in [0.3, 0.4) is 0 Å². The number of alkyl halides is 3. The lowest BCUT2D eigenvalue weighted by molar-refractivity contribution is -0.137. The maximum absolute atomic E-state index is 13.6. The van der Waals surface area contributed by atoms with Gasteiger partial charge in [0.15, 0.2) is 5.82 Å². The Balaban J connectivity index is 1.70. The number of aromatic nitrogens is 2. The van der Waals surface area contributed by atoms with Crippen molar-refractivity contribution in [3.63, 3.8) is 0 Å². The molecule has 1 aromatic heterocycles. The van der Waals surface area contributed by atoms with E-state index in [4.69, 9.17) is 0 Å². The van der Waals surface area contributed by atoms with Gasteiger partial charge in [-0.3, -0.25) is 13.3 Å². The predicted octanol–water partition coefficient (Wildman–Crippen LogP) is 5.05. The van der Waals surface area contributed by atoms with Gasteiger partial charge in [-0.15, -0.1) is 0 Å². The number of hydrogen-bond donors (Lipinski definition) is 1. The van der Waals surface area contributed by atoms with E-state index in [1.165, 1.54) is 0 Å². The van der Waals surface area contributed by atoms with E-state index in [9.17, 15) is 26.7 Å². The molecule has 0 saturated carbocycles. The predicted molar refractivity (Wildman–Crippen MR) is 134 cm³/mol. The normalized spacial score (nSPS) is 12.2. The van der Waals surface area contributed by atoms with E-state index in [-0.39, 0.29) is 30.0 Å². The van der Waals surface area contributed by atoms with E-state index in [1.54, 1.807) is 24.3 Å². The van der Waals surface area contributed by atoms with Gasteiger partial charge in [0.05, 0.1) is 39.8 Å². The molecule has 0 aliphatic carbocycles. The molecule has 192 valence electrons. The van der Waals surface area contributed by atoms with Crippen molar-refractivity contribution in [3.8, 4) is 0 Å². The van der Waals surface area contributed by atoms with Crippen LogP contribution in [0, 0.1) is 0 Å². The Morgan fingerprint density at radius 3 is 2.24 bits per heavy atom. The van der Waals surface area contributed by atoms with Gasteiger partial charge in [0.2, 0.25) is 0 Å². The number of hydrogen-bond acceptors (Lipinski definition) is 6. The van der Waals surface area contributed by atoms with Crippen molar-refractivity contribution < 1.29 is 26.7 Å². The molecule has 0 aliphatic heterocycles. The highest BCUT2D eigenvalue weighted by atomic mass is 32.2. The van der Waals surface area contributed by atoms with Crippen molar-refractivity contribution in [2.75, 3.05) is 10.8 Å². The minimum absolute atomic E-state index is 0.167. The first kappa shape index (κ1) is 26.5. The summed E-state index contributed by atoms with van der Waals surface area (Å²) in [7, 11) is 0. The zero-order chi connectivity index (χ0) is 26.4. The van der Waals surface area contributed by atoms with Crippen LogP contribution < -0.4 is 9.62 Å². The first-order chi connectivity index (χ1) is 17.7. The molecule has 7 nitrogen and oxygen atoms in total. The number of nitrogens with one attached hydrogen (secondary N) is 1. The van der Waals surface area contributed by atoms with E-state index in [0.29, 0.717) is 16.8 Å². The number of anilines is 2. The molecule has 1 heterocycles. The Labute approximate surface area is 217 Å². The van der Waals surface area contributed by atoms with E-state index in [2.05, 4.69) is 14.1 Å². The van der Waals surface area contributed by atoms with Crippen molar-refractivity contribution in [3.05, 3.63) is 107 Å². The zero-order valence-corrected chi connectivity index (χ0v) is 20.8. The number of nitrogens with zero attached hydrogens (tertiary/aromatic N) is 3. The lowest BCUT2D eigenvalue weighted by Crippen LogP contribution is -2.30. The Kier molecular flexibility index (Phi) is 8.31. The third-order valence-corrected chi connectivity index (χ3v) is 6.65. The highest BCUT2D eigenvalue weighted by molar-refractivity contribution is 7.81. The molecule has 0 spiro atoms. The Morgan fingerprint density at radius 2 is 1.62 bits per heavy atom. The number of rotatable bonds is 9. The van der Waals surface area contributed by atoms with Crippen LogP contribution >= 0.6 is 11.7 Å². The second-order valence-corrected chi connectivity index (χ2v) is 9.26. The molecule has 37 heavy (non-hydrogen) atoms. The van der Waals surface area contributed by atoms with Crippen LogP contribution in [-0.4, -0.2) is 30.0 Å². The average Bonchev–Trinajstić information content (AvgIpc) is 3.32. The molecule has 0 bridgehead atoms. The summed E-state index contributed by atoms with van der Waals surface area (Å²) in [6.45, 7) is 0.196. The number of halogens is 3. The third-order valence-electron chi connectivity index (χ3n) is 5.42. The number of benzene rings is 3. The molecule has 4 rings (SSSR count). The van der Waals surface area contributed by atoms with Gasteiger partial charge in [0.1, 0.15) is 5.69 Å². The maximum Gasteiger partial charge on any atom is 0.416 e. The lowest BCUT2D eigenvalue weighted by Gasteiger charge is -2.27. The van der Waals surface area contributed by atoms with E-state index in [0.717, 1.165) is 35.0 Å². The summed E-state index contributed by atoms with van der Waals surface area (Å²) >= 11 is -2.39. The molecule has 0 saturated heterocycles. The molecule has 0 fully saturated rings. The highest BCUT2D eigenvalue weighted by Crippen LogP contribution is 2.37. The molecule has 1 amide bonds. The van der Waals surface area contributed by atoms with Crippen LogP contribution in [0.5, 0.6) is 0 Å². The fourth-order valence-electron chi connectivity index (χ4n) is 3.65. The monoisotopic (exact) mass is 545 g/mol. The minimum Gasteiger partial charge on any atom is -0.755 e. The molecular weight excluding hydrogens is 525 g/mol. The van der Waals surface area contributed by atoms with Crippen molar-refractivity contribution >= 4 is 40.4 Å². The SMILES string of the molecule is O=C(NCCc1ccccc1)c1ccc(C(F)(F)F)cc1N(c1nsnc1Cc1ccccc1)S(=O)[O-]. The Bertz CT molecular complexity index is 1380. The molecule has 0 aliphatic rings. The van der Waals surface area contributed by atoms with Crippen LogP contribution in [0.2, 0.25) is 0 Å². The standard InChI is InChI=1S/C25H21F3N4O3S2/c26-25(27,28)19-11-12-20(24(33)29-14-13-17-7-3-1-4-8-17)22(16-19)32(37(34)35)23-21(30-36-31-23)15-18-9-5-2-6-10-18/h1-12,16H,13-15H2,(H,29,33)(H,34,35)/p-1. The first-order valence-corrected chi connectivity index (χ1v) is 12.8. The van der Waals surface area contributed by atoms with Crippen LogP contribution in [0.1, 0.15) is 32.7 Å². The molecule has 4 aromatic rings. The minimum atomic E-state index is -4.76. The van der Waals surface area contributed by atoms with Gasteiger partial charge in [-0.05, 0) is 35.7 Å². The van der Waals surface area contributed by atoms with Crippen molar-refractivity contribution in [2.24, 2.45) is 0 Å². The summed E-state index contributed by atoms with van der Waals surface area (Å²) in [5.74, 6) is -0.886.